The molecule has 0 amide bonds. The number of anilines is 1. The van der Waals surface area contributed by atoms with Gasteiger partial charge in [-0.2, -0.15) is 0 Å². The molecule has 102 valence electrons. The summed E-state index contributed by atoms with van der Waals surface area (Å²) in [7, 11) is 0. The molecule has 3 nitrogen and oxygen atoms in total. The number of hydrogen-bond donors (Lipinski definition) is 1. The molecule has 20 heavy (non-hydrogen) atoms. The zero-order valence-electron chi connectivity index (χ0n) is 11.7. The number of nitrogens with two attached hydrogens (primary N) is 1. The topological polar surface area (TPSA) is 52.0 Å². The molecule has 0 aliphatic carbocycles. The van der Waals surface area contributed by atoms with Crippen molar-refractivity contribution in [2.24, 2.45) is 0 Å². The van der Waals surface area contributed by atoms with Gasteiger partial charge >= 0.3 is 0 Å². The normalized spacial score (nSPS) is 10.9. The highest BCUT2D eigenvalue weighted by molar-refractivity contribution is 7.15. The molecule has 1 aromatic carbocycles. The van der Waals surface area contributed by atoms with Gasteiger partial charge in [-0.05, 0) is 38.0 Å². The summed E-state index contributed by atoms with van der Waals surface area (Å²) in [6, 6.07) is 10.4. The highest BCUT2D eigenvalue weighted by Gasteiger charge is 2.19. The summed E-state index contributed by atoms with van der Waals surface area (Å²) in [4.78, 5) is 2.35. The molecule has 0 atom stereocenters. The second kappa shape index (κ2) is 4.80. The van der Waals surface area contributed by atoms with Gasteiger partial charge in [0.25, 0.3) is 0 Å². The van der Waals surface area contributed by atoms with Gasteiger partial charge in [0.1, 0.15) is 0 Å². The Morgan fingerprint density at radius 2 is 1.80 bits per heavy atom. The van der Waals surface area contributed by atoms with Gasteiger partial charge in [-0.3, -0.25) is 0 Å². The van der Waals surface area contributed by atoms with Crippen LogP contribution < -0.4 is 5.73 Å². The van der Waals surface area contributed by atoms with E-state index in [2.05, 4.69) is 56.3 Å². The van der Waals surface area contributed by atoms with Crippen LogP contribution in [0.2, 0.25) is 0 Å². The number of thiophene rings is 1. The molecular weight excluding hydrogens is 268 g/mol. The number of rotatable bonds is 2. The molecule has 0 fully saturated rings. The molecule has 0 saturated heterocycles. The molecule has 0 radical (unpaired) electrons. The molecule has 0 saturated carbocycles. The lowest BCUT2D eigenvalue weighted by atomic mass is 10.0. The average Bonchev–Trinajstić information content (AvgIpc) is 2.95. The van der Waals surface area contributed by atoms with Gasteiger partial charge < -0.3 is 10.3 Å². The SMILES string of the molecule is Cc1ccc(-c2c(N)noc2-c2cc(C)c(C)s2)cc1. The van der Waals surface area contributed by atoms with Crippen molar-refractivity contribution in [2.45, 2.75) is 20.8 Å². The standard InChI is InChI=1S/C16H16N2OS/c1-9-4-6-12(7-5-9)14-15(19-18-16(14)17)13-8-10(2)11(3)20-13/h4-8H,1-3H3,(H2,17,18). The minimum atomic E-state index is 0.438. The number of hydrogen-bond acceptors (Lipinski definition) is 4. The number of benzene rings is 1. The van der Waals surface area contributed by atoms with Gasteiger partial charge in [0.05, 0.1) is 10.4 Å². The summed E-state index contributed by atoms with van der Waals surface area (Å²) in [6.07, 6.45) is 0. The molecule has 0 spiro atoms. The molecule has 0 bridgehead atoms. The Morgan fingerprint density at radius 1 is 1.10 bits per heavy atom. The van der Waals surface area contributed by atoms with Gasteiger partial charge in [-0.15, -0.1) is 11.3 Å². The Bertz CT molecular complexity index is 734. The van der Waals surface area contributed by atoms with Crippen LogP contribution in [0.1, 0.15) is 16.0 Å². The van der Waals surface area contributed by atoms with Crippen molar-refractivity contribution in [3.63, 3.8) is 0 Å². The van der Waals surface area contributed by atoms with Gasteiger partial charge in [-0.1, -0.05) is 35.0 Å². The quantitative estimate of drug-likeness (QED) is 0.749. The molecule has 0 unspecified atom stereocenters. The predicted molar refractivity (Wildman–Crippen MR) is 83.9 cm³/mol. The van der Waals surface area contributed by atoms with Crippen LogP contribution in [0, 0.1) is 20.8 Å². The van der Waals surface area contributed by atoms with Crippen LogP contribution in [0.5, 0.6) is 0 Å². The molecule has 3 aromatic rings. The van der Waals surface area contributed by atoms with Gasteiger partial charge in [0.2, 0.25) is 0 Å². The van der Waals surface area contributed by atoms with Gasteiger partial charge in [-0.25, -0.2) is 0 Å². The van der Waals surface area contributed by atoms with Crippen LogP contribution in [-0.4, -0.2) is 5.16 Å². The monoisotopic (exact) mass is 284 g/mol. The molecule has 2 heterocycles. The highest BCUT2D eigenvalue weighted by Crippen LogP contribution is 2.40. The molecule has 3 rings (SSSR count). The first kappa shape index (κ1) is 12.9. The third kappa shape index (κ3) is 2.12. The second-order valence-corrected chi connectivity index (χ2v) is 6.24. The maximum atomic E-state index is 5.99. The Labute approximate surface area is 122 Å². The fourth-order valence-corrected chi connectivity index (χ4v) is 3.17. The summed E-state index contributed by atoms with van der Waals surface area (Å²) in [5.74, 6) is 1.19. The van der Waals surface area contributed by atoms with Crippen molar-refractivity contribution >= 4 is 17.2 Å². The summed E-state index contributed by atoms with van der Waals surface area (Å²) in [6.45, 7) is 6.27. The molecule has 0 aliphatic rings. The minimum Gasteiger partial charge on any atom is -0.380 e. The second-order valence-electron chi connectivity index (χ2n) is 4.99. The van der Waals surface area contributed by atoms with E-state index in [1.807, 2.05) is 0 Å². The highest BCUT2D eigenvalue weighted by atomic mass is 32.1. The fourth-order valence-electron chi connectivity index (χ4n) is 2.15. The van der Waals surface area contributed by atoms with E-state index in [1.54, 1.807) is 11.3 Å². The van der Waals surface area contributed by atoms with E-state index in [-0.39, 0.29) is 0 Å². The first-order valence-corrected chi connectivity index (χ1v) is 7.27. The van der Waals surface area contributed by atoms with Crippen molar-refractivity contribution in [3.8, 4) is 21.8 Å². The lowest BCUT2D eigenvalue weighted by Crippen LogP contribution is -1.88. The van der Waals surface area contributed by atoms with Crippen LogP contribution in [0.25, 0.3) is 21.8 Å². The fraction of sp³-hybridized carbons (Fsp3) is 0.188. The van der Waals surface area contributed by atoms with Crippen LogP contribution in [0.3, 0.4) is 0 Å². The Kier molecular flexibility index (Phi) is 3.10. The molecule has 2 aromatic heterocycles. The minimum absolute atomic E-state index is 0.438. The summed E-state index contributed by atoms with van der Waals surface area (Å²) in [5.41, 5.74) is 10.4. The maximum absolute atomic E-state index is 5.99. The first-order chi connectivity index (χ1) is 9.56. The Balaban J connectivity index is 2.16. The van der Waals surface area contributed by atoms with E-state index in [4.69, 9.17) is 10.3 Å². The third-order valence-electron chi connectivity index (χ3n) is 3.45. The van der Waals surface area contributed by atoms with Gasteiger partial charge in [0, 0.05) is 4.88 Å². The zero-order chi connectivity index (χ0) is 14.3. The van der Waals surface area contributed by atoms with E-state index in [9.17, 15) is 0 Å². The van der Waals surface area contributed by atoms with Crippen molar-refractivity contribution in [1.82, 2.24) is 5.16 Å². The van der Waals surface area contributed by atoms with Crippen LogP contribution in [-0.2, 0) is 0 Å². The van der Waals surface area contributed by atoms with E-state index in [1.165, 1.54) is 16.0 Å². The number of nitrogen functional groups attached to an aromatic ring is 1. The zero-order valence-corrected chi connectivity index (χ0v) is 12.5. The molecular formula is C16H16N2OS. The van der Waals surface area contributed by atoms with Crippen LogP contribution in [0.4, 0.5) is 5.82 Å². The molecule has 4 heteroatoms. The average molecular weight is 284 g/mol. The third-order valence-corrected chi connectivity index (χ3v) is 4.60. The largest absolute Gasteiger partial charge is 0.380 e. The van der Waals surface area contributed by atoms with Gasteiger partial charge in [0.15, 0.2) is 11.6 Å². The van der Waals surface area contributed by atoms with E-state index < -0.39 is 0 Å². The maximum Gasteiger partial charge on any atom is 0.186 e. The van der Waals surface area contributed by atoms with E-state index >= 15 is 0 Å². The number of aryl methyl sites for hydroxylation is 3. The van der Waals surface area contributed by atoms with Crippen molar-refractivity contribution in [3.05, 3.63) is 46.3 Å². The lowest BCUT2D eigenvalue weighted by Gasteiger charge is -2.01. The summed E-state index contributed by atoms with van der Waals surface area (Å²) in [5, 5.41) is 3.94. The predicted octanol–water partition coefficient (Wildman–Crippen LogP) is 4.58. The van der Waals surface area contributed by atoms with E-state index in [0.29, 0.717) is 5.82 Å². The summed E-state index contributed by atoms with van der Waals surface area (Å²) >= 11 is 1.70. The van der Waals surface area contributed by atoms with Crippen LogP contribution in [0.15, 0.2) is 34.9 Å². The molecule has 0 aliphatic heterocycles. The Morgan fingerprint density at radius 3 is 2.40 bits per heavy atom. The van der Waals surface area contributed by atoms with E-state index in [0.717, 1.165) is 21.8 Å². The van der Waals surface area contributed by atoms with Crippen molar-refractivity contribution < 1.29 is 4.52 Å². The first-order valence-electron chi connectivity index (χ1n) is 6.46. The Hall–Kier alpha value is -2.07. The smallest absolute Gasteiger partial charge is 0.186 e. The number of aromatic nitrogens is 1. The number of nitrogens with zero attached hydrogens (tertiary/aromatic N) is 1. The molecule has 2 N–H and O–H groups in total. The van der Waals surface area contributed by atoms with Crippen molar-refractivity contribution in [2.75, 3.05) is 5.73 Å². The lowest BCUT2D eigenvalue weighted by molar-refractivity contribution is 0.437. The van der Waals surface area contributed by atoms with Crippen LogP contribution >= 0.6 is 11.3 Å². The van der Waals surface area contributed by atoms with Crippen molar-refractivity contribution in [1.29, 1.82) is 0 Å². The summed E-state index contributed by atoms with van der Waals surface area (Å²) < 4.78 is 5.47.